The third-order valence-corrected chi connectivity index (χ3v) is 4.03. The SMILES string of the molecule is O=[N+]([O-])c1cccc(-c2nc(CS(=O)(=O)CCO)no2)c1. The van der Waals surface area contributed by atoms with Crippen molar-refractivity contribution in [2.75, 3.05) is 12.4 Å². The average Bonchev–Trinajstić information content (AvgIpc) is 2.86. The fourth-order valence-electron chi connectivity index (χ4n) is 1.59. The number of sulfone groups is 1. The molecular weight excluding hydrogens is 302 g/mol. The van der Waals surface area contributed by atoms with Gasteiger partial charge in [0.2, 0.25) is 0 Å². The van der Waals surface area contributed by atoms with E-state index in [0.29, 0.717) is 5.56 Å². The second-order valence-electron chi connectivity index (χ2n) is 4.14. The quantitative estimate of drug-likeness (QED) is 0.603. The Morgan fingerprint density at radius 3 is 2.81 bits per heavy atom. The molecule has 0 radical (unpaired) electrons. The van der Waals surface area contributed by atoms with Crippen LogP contribution < -0.4 is 0 Å². The molecule has 1 aromatic heterocycles. The molecule has 0 fully saturated rings. The van der Waals surface area contributed by atoms with Crippen LogP contribution in [0.15, 0.2) is 28.8 Å². The van der Waals surface area contributed by atoms with Crippen LogP contribution >= 0.6 is 0 Å². The van der Waals surface area contributed by atoms with E-state index in [1.165, 1.54) is 24.3 Å². The Bertz CT molecular complexity index is 755. The number of hydrogen-bond acceptors (Lipinski definition) is 8. The smallest absolute Gasteiger partial charge is 0.270 e. The van der Waals surface area contributed by atoms with Gasteiger partial charge < -0.3 is 9.63 Å². The van der Waals surface area contributed by atoms with Crippen LogP contribution in [-0.2, 0) is 15.6 Å². The zero-order valence-corrected chi connectivity index (χ0v) is 11.5. The summed E-state index contributed by atoms with van der Waals surface area (Å²) in [6, 6.07) is 5.55. The fraction of sp³-hybridized carbons (Fsp3) is 0.273. The van der Waals surface area contributed by atoms with E-state index in [-0.39, 0.29) is 17.4 Å². The molecular formula is C11H11N3O6S. The van der Waals surface area contributed by atoms with Crippen molar-refractivity contribution in [3.63, 3.8) is 0 Å². The molecule has 1 aromatic carbocycles. The van der Waals surface area contributed by atoms with Crippen molar-refractivity contribution in [3.8, 4) is 11.5 Å². The number of benzene rings is 1. The highest BCUT2D eigenvalue weighted by Crippen LogP contribution is 2.22. The van der Waals surface area contributed by atoms with Crippen LogP contribution in [0, 0.1) is 10.1 Å². The Balaban J connectivity index is 2.24. The molecule has 112 valence electrons. The third-order valence-electron chi connectivity index (χ3n) is 2.52. The lowest BCUT2D eigenvalue weighted by Gasteiger charge is -1.96. The van der Waals surface area contributed by atoms with Crippen LogP contribution in [0.2, 0.25) is 0 Å². The summed E-state index contributed by atoms with van der Waals surface area (Å²) in [5, 5.41) is 22.8. The highest BCUT2D eigenvalue weighted by molar-refractivity contribution is 7.90. The van der Waals surface area contributed by atoms with Gasteiger partial charge in [0.1, 0.15) is 5.75 Å². The van der Waals surface area contributed by atoms with Gasteiger partial charge >= 0.3 is 0 Å². The first-order valence-corrected chi connectivity index (χ1v) is 7.62. The van der Waals surface area contributed by atoms with Crippen LogP contribution in [-0.4, -0.2) is 40.9 Å². The molecule has 10 heteroatoms. The van der Waals surface area contributed by atoms with E-state index in [0.717, 1.165) is 0 Å². The van der Waals surface area contributed by atoms with Gasteiger partial charge in [0.15, 0.2) is 15.7 Å². The summed E-state index contributed by atoms with van der Waals surface area (Å²) in [6.07, 6.45) is 0. The third kappa shape index (κ3) is 3.83. The molecule has 0 amide bonds. The highest BCUT2D eigenvalue weighted by atomic mass is 32.2. The molecule has 0 bridgehead atoms. The van der Waals surface area contributed by atoms with Crippen molar-refractivity contribution >= 4 is 15.5 Å². The minimum absolute atomic E-state index is 0.00658. The van der Waals surface area contributed by atoms with Crippen LogP contribution in [0.3, 0.4) is 0 Å². The largest absolute Gasteiger partial charge is 0.395 e. The second kappa shape index (κ2) is 5.97. The maximum atomic E-state index is 11.5. The first kappa shape index (κ1) is 15.1. The molecule has 0 aliphatic heterocycles. The maximum Gasteiger partial charge on any atom is 0.270 e. The van der Waals surface area contributed by atoms with E-state index in [2.05, 4.69) is 10.1 Å². The molecule has 1 heterocycles. The molecule has 0 saturated carbocycles. The summed E-state index contributed by atoms with van der Waals surface area (Å²) in [5.74, 6) is -0.933. The predicted molar refractivity (Wildman–Crippen MR) is 71.0 cm³/mol. The molecule has 2 aromatic rings. The fourth-order valence-corrected chi connectivity index (χ4v) is 2.52. The number of rotatable bonds is 6. The second-order valence-corrected chi connectivity index (χ2v) is 6.32. The van der Waals surface area contributed by atoms with Crippen LogP contribution in [0.5, 0.6) is 0 Å². The molecule has 0 aliphatic carbocycles. The lowest BCUT2D eigenvalue weighted by atomic mass is 10.2. The maximum absolute atomic E-state index is 11.5. The van der Waals surface area contributed by atoms with Gasteiger partial charge in [-0.15, -0.1) is 0 Å². The Hall–Kier alpha value is -2.33. The number of nitro benzene ring substituents is 1. The number of nitrogens with zero attached hydrogens (tertiary/aromatic N) is 3. The van der Waals surface area contributed by atoms with E-state index in [1.54, 1.807) is 0 Å². The molecule has 0 aliphatic rings. The molecule has 2 rings (SSSR count). The van der Waals surface area contributed by atoms with Crippen LogP contribution in [0.1, 0.15) is 5.82 Å². The molecule has 9 nitrogen and oxygen atoms in total. The van der Waals surface area contributed by atoms with E-state index >= 15 is 0 Å². The normalized spacial score (nSPS) is 11.5. The zero-order valence-electron chi connectivity index (χ0n) is 10.7. The van der Waals surface area contributed by atoms with Crippen LogP contribution in [0.4, 0.5) is 5.69 Å². The Morgan fingerprint density at radius 1 is 1.38 bits per heavy atom. The van der Waals surface area contributed by atoms with Crippen molar-refractivity contribution in [2.45, 2.75) is 5.75 Å². The van der Waals surface area contributed by atoms with E-state index in [1.807, 2.05) is 0 Å². The molecule has 21 heavy (non-hydrogen) atoms. The molecule has 0 saturated heterocycles. The van der Waals surface area contributed by atoms with Gasteiger partial charge in [0, 0.05) is 17.7 Å². The van der Waals surface area contributed by atoms with Crippen molar-refractivity contribution in [1.82, 2.24) is 10.1 Å². The number of hydrogen-bond donors (Lipinski definition) is 1. The highest BCUT2D eigenvalue weighted by Gasteiger charge is 2.18. The zero-order chi connectivity index (χ0) is 15.5. The standard InChI is InChI=1S/C11H11N3O6S/c15-4-5-21(18,19)7-10-12-11(20-13-10)8-2-1-3-9(6-8)14(16)17/h1-3,6,15H,4-5,7H2. The van der Waals surface area contributed by atoms with Crippen molar-refractivity contribution in [1.29, 1.82) is 0 Å². The first-order valence-electron chi connectivity index (χ1n) is 5.80. The van der Waals surface area contributed by atoms with Crippen molar-refractivity contribution in [3.05, 3.63) is 40.2 Å². The number of non-ortho nitro benzene ring substituents is 1. The van der Waals surface area contributed by atoms with Crippen molar-refractivity contribution in [2.24, 2.45) is 0 Å². The van der Waals surface area contributed by atoms with E-state index in [9.17, 15) is 18.5 Å². The lowest BCUT2D eigenvalue weighted by Crippen LogP contribution is -2.13. The number of nitro groups is 1. The minimum Gasteiger partial charge on any atom is -0.395 e. The van der Waals surface area contributed by atoms with Crippen molar-refractivity contribution < 1.29 is 23.0 Å². The summed E-state index contributed by atoms with van der Waals surface area (Å²) in [6.45, 7) is -0.488. The van der Waals surface area contributed by atoms with Gasteiger partial charge in [0.25, 0.3) is 11.6 Å². The Labute approximate surface area is 119 Å². The van der Waals surface area contributed by atoms with Gasteiger partial charge in [-0.2, -0.15) is 4.98 Å². The number of aliphatic hydroxyl groups is 1. The Morgan fingerprint density at radius 2 is 2.14 bits per heavy atom. The summed E-state index contributed by atoms with van der Waals surface area (Å²) in [5.41, 5.74) is 0.183. The monoisotopic (exact) mass is 313 g/mol. The molecule has 1 N–H and O–H groups in total. The predicted octanol–water partition coefficient (Wildman–Crippen LogP) is 0.552. The number of aliphatic hydroxyl groups excluding tert-OH is 1. The topological polar surface area (TPSA) is 136 Å². The summed E-state index contributed by atoms with van der Waals surface area (Å²) in [4.78, 5) is 14.0. The molecule has 0 atom stereocenters. The van der Waals surface area contributed by atoms with Gasteiger partial charge in [-0.25, -0.2) is 8.42 Å². The molecule has 0 unspecified atom stereocenters. The average molecular weight is 313 g/mol. The Kier molecular flexibility index (Phi) is 4.29. The number of aromatic nitrogens is 2. The van der Waals surface area contributed by atoms with Gasteiger partial charge in [0.05, 0.1) is 17.3 Å². The minimum atomic E-state index is -3.52. The first-order chi connectivity index (χ1) is 9.91. The van der Waals surface area contributed by atoms with Gasteiger partial charge in [-0.05, 0) is 6.07 Å². The summed E-state index contributed by atoms with van der Waals surface area (Å²) < 4.78 is 27.9. The van der Waals surface area contributed by atoms with Gasteiger partial charge in [-0.3, -0.25) is 10.1 Å². The summed E-state index contributed by atoms with van der Waals surface area (Å²) in [7, 11) is -3.52. The summed E-state index contributed by atoms with van der Waals surface area (Å²) >= 11 is 0. The van der Waals surface area contributed by atoms with E-state index < -0.39 is 32.9 Å². The van der Waals surface area contributed by atoms with E-state index in [4.69, 9.17) is 9.63 Å². The van der Waals surface area contributed by atoms with Gasteiger partial charge in [-0.1, -0.05) is 11.2 Å². The van der Waals surface area contributed by atoms with Crippen LogP contribution in [0.25, 0.3) is 11.5 Å². The molecule has 0 spiro atoms. The lowest BCUT2D eigenvalue weighted by molar-refractivity contribution is -0.384.